The van der Waals surface area contributed by atoms with Gasteiger partial charge in [-0.1, -0.05) is 48.5 Å². The van der Waals surface area contributed by atoms with Crippen LogP contribution >= 0.6 is 0 Å². The van der Waals surface area contributed by atoms with E-state index in [1.165, 1.54) is 6.08 Å². The largest absolute Gasteiger partial charge is 0.451 e. The van der Waals surface area contributed by atoms with Crippen molar-refractivity contribution in [3.8, 4) is 6.07 Å². The molecule has 3 rings (SSSR count). The molecule has 0 bridgehead atoms. The van der Waals surface area contributed by atoms with Crippen LogP contribution in [0.25, 0.3) is 16.8 Å². The van der Waals surface area contributed by atoms with E-state index in [9.17, 15) is 14.9 Å². The average Bonchev–Trinajstić information content (AvgIpc) is 2.76. The lowest BCUT2D eigenvalue weighted by atomic mass is 10.1. The molecule has 0 saturated heterocycles. The van der Waals surface area contributed by atoms with Crippen molar-refractivity contribution in [2.24, 2.45) is 0 Å². The fourth-order valence-corrected chi connectivity index (χ4v) is 2.90. The number of nitriles is 1. The summed E-state index contributed by atoms with van der Waals surface area (Å²) in [5.41, 5.74) is 2.14. The molecule has 6 nitrogen and oxygen atoms in total. The predicted octanol–water partition coefficient (Wildman–Crippen LogP) is 3.99. The highest BCUT2D eigenvalue weighted by Gasteiger charge is 2.14. The predicted molar refractivity (Wildman–Crippen MR) is 118 cm³/mol. The Balaban J connectivity index is 1.63. The van der Waals surface area contributed by atoms with Crippen molar-refractivity contribution in [3.63, 3.8) is 0 Å². The Bertz CT molecular complexity index is 1140. The molecule has 30 heavy (non-hydrogen) atoms. The first-order valence-corrected chi connectivity index (χ1v) is 9.32. The van der Waals surface area contributed by atoms with Crippen LogP contribution in [-0.4, -0.2) is 32.6 Å². The number of amides is 1. The average molecular weight is 399 g/mol. The lowest BCUT2D eigenvalue weighted by Crippen LogP contribution is -2.21. The third-order valence-corrected chi connectivity index (χ3v) is 4.46. The van der Waals surface area contributed by atoms with Gasteiger partial charge in [0.2, 0.25) is 0 Å². The number of nitrogens with zero attached hydrogens (tertiary/aromatic N) is 2. The Morgan fingerprint density at radius 3 is 2.43 bits per heavy atom. The Hall–Kier alpha value is -4.11. The first-order valence-electron chi connectivity index (χ1n) is 9.32. The molecule has 0 fully saturated rings. The van der Waals surface area contributed by atoms with E-state index in [-0.39, 0.29) is 5.57 Å². The van der Waals surface area contributed by atoms with Gasteiger partial charge >= 0.3 is 5.97 Å². The molecule has 0 heterocycles. The van der Waals surface area contributed by atoms with E-state index in [0.717, 1.165) is 16.5 Å². The van der Waals surface area contributed by atoms with E-state index in [1.54, 1.807) is 18.2 Å². The summed E-state index contributed by atoms with van der Waals surface area (Å²) in [6, 6.07) is 22.4. The van der Waals surface area contributed by atoms with Crippen LogP contribution < -0.4 is 10.2 Å². The van der Waals surface area contributed by atoms with Crippen LogP contribution in [0.15, 0.2) is 72.3 Å². The van der Waals surface area contributed by atoms with Crippen molar-refractivity contribution in [2.75, 3.05) is 30.9 Å². The van der Waals surface area contributed by atoms with Crippen molar-refractivity contribution in [2.45, 2.75) is 0 Å². The lowest BCUT2D eigenvalue weighted by molar-refractivity contribution is -0.142. The minimum Gasteiger partial charge on any atom is -0.451 e. The van der Waals surface area contributed by atoms with Crippen LogP contribution in [-0.2, 0) is 14.3 Å². The first-order chi connectivity index (χ1) is 14.5. The molecule has 0 spiro atoms. The maximum atomic E-state index is 12.2. The Labute approximate surface area is 175 Å². The van der Waals surface area contributed by atoms with E-state index in [0.29, 0.717) is 11.3 Å². The van der Waals surface area contributed by atoms with Crippen LogP contribution in [0.5, 0.6) is 0 Å². The molecule has 150 valence electrons. The van der Waals surface area contributed by atoms with Gasteiger partial charge in [0.1, 0.15) is 11.6 Å². The molecule has 1 amide bonds. The van der Waals surface area contributed by atoms with Gasteiger partial charge in [-0.25, -0.2) is 4.79 Å². The van der Waals surface area contributed by atoms with Crippen molar-refractivity contribution in [1.82, 2.24) is 0 Å². The van der Waals surface area contributed by atoms with Crippen LogP contribution in [0.4, 0.5) is 11.4 Å². The molecule has 0 atom stereocenters. The van der Waals surface area contributed by atoms with Gasteiger partial charge in [0.15, 0.2) is 6.61 Å². The molecule has 3 aromatic rings. The lowest BCUT2D eigenvalue weighted by Gasteiger charge is -2.12. The normalized spacial score (nSPS) is 10.9. The van der Waals surface area contributed by atoms with Crippen LogP contribution in [0, 0.1) is 11.3 Å². The molecule has 1 N–H and O–H groups in total. The first kappa shape index (κ1) is 20.6. The quantitative estimate of drug-likeness (QED) is 0.385. The van der Waals surface area contributed by atoms with E-state index >= 15 is 0 Å². The summed E-state index contributed by atoms with van der Waals surface area (Å²) in [6.45, 7) is -0.485. The number of hydrogen-bond acceptors (Lipinski definition) is 5. The molecule has 6 heteroatoms. The summed E-state index contributed by atoms with van der Waals surface area (Å²) in [6.07, 6.45) is 1.43. The number of anilines is 2. The fourth-order valence-electron chi connectivity index (χ4n) is 2.90. The molecular weight excluding hydrogens is 378 g/mol. The van der Waals surface area contributed by atoms with E-state index in [2.05, 4.69) is 5.32 Å². The number of carbonyl (C=O) groups is 2. The number of fused-ring (bicyclic) bond motifs is 1. The molecular formula is C24H21N3O3. The van der Waals surface area contributed by atoms with Gasteiger partial charge in [-0.2, -0.15) is 5.26 Å². The minimum absolute atomic E-state index is 0.175. The number of benzene rings is 3. The monoisotopic (exact) mass is 399 g/mol. The number of esters is 1. The van der Waals surface area contributed by atoms with Gasteiger partial charge in [0, 0.05) is 30.9 Å². The van der Waals surface area contributed by atoms with E-state index < -0.39 is 18.5 Å². The van der Waals surface area contributed by atoms with Gasteiger partial charge < -0.3 is 15.0 Å². The van der Waals surface area contributed by atoms with Crippen LogP contribution in [0.1, 0.15) is 5.56 Å². The second-order valence-electron chi connectivity index (χ2n) is 6.81. The zero-order valence-corrected chi connectivity index (χ0v) is 16.8. The number of rotatable bonds is 6. The van der Waals surface area contributed by atoms with Gasteiger partial charge in [0.25, 0.3) is 5.91 Å². The fraction of sp³-hybridized carbons (Fsp3) is 0.125. The van der Waals surface area contributed by atoms with Gasteiger partial charge in [-0.3, -0.25) is 4.79 Å². The second-order valence-corrected chi connectivity index (χ2v) is 6.81. The molecule has 0 aliphatic carbocycles. The highest BCUT2D eigenvalue weighted by molar-refractivity contribution is 6.04. The van der Waals surface area contributed by atoms with Gasteiger partial charge in [-0.05, 0) is 35.2 Å². The summed E-state index contributed by atoms with van der Waals surface area (Å²) < 4.78 is 5.03. The number of hydrogen-bond donors (Lipinski definition) is 1. The van der Waals surface area contributed by atoms with Crippen molar-refractivity contribution >= 4 is 40.1 Å². The van der Waals surface area contributed by atoms with Crippen LogP contribution in [0.2, 0.25) is 0 Å². The van der Waals surface area contributed by atoms with Crippen LogP contribution in [0.3, 0.4) is 0 Å². The molecule has 0 aliphatic heterocycles. The second kappa shape index (κ2) is 9.39. The van der Waals surface area contributed by atoms with Crippen molar-refractivity contribution < 1.29 is 14.3 Å². The molecule has 0 aliphatic rings. The number of carbonyl (C=O) groups excluding carboxylic acids is 2. The third-order valence-electron chi connectivity index (χ3n) is 4.46. The zero-order chi connectivity index (χ0) is 21.5. The highest BCUT2D eigenvalue weighted by atomic mass is 16.5. The smallest absolute Gasteiger partial charge is 0.349 e. The highest BCUT2D eigenvalue weighted by Crippen LogP contribution is 2.22. The Morgan fingerprint density at radius 1 is 1.03 bits per heavy atom. The standard InChI is InChI=1S/C24H21N3O3/c1-27(2)20-12-10-17(11-13-20)14-19(15-25)24(29)30-16-23(28)26-22-9-5-7-18-6-3-4-8-21(18)22/h3-14H,16H2,1-2H3,(H,26,28)/b19-14+. The summed E-state index contributed by atoms with van der Waals surface area (Å²) >= 11 is 0. The number of nitrogens with one attached hydrogen (secondary N) is 1. The molecule has 0 aromatic heterocycles. The van der Waals surface area contributed by atoms with E-state index in [1.807, 2.05) is 73.6 Å². The molecule has 0 unspecified atom stereocenters. The van der Waals surface area contributed by atoms with Gasteiger partial charge in [-0.15, -0.1) is 0 Å². The molecule has 0 saturated carbocycles. The summed E-state index contributed by atoms with van der Waals surface area (Å²) in [4.78, 5) is 26.4. The maximum absolute atomic E-state index is 12.2. The number of ether oxygens (including phenoxy) is 1. The minimum atomic E-state index is -0.845. The summed E-state index contributed by atoms with van der Waals surface area (Å²) in [5.74, 6) is -1.32. The SMILES string of the molecule is CN(C)c1ccc(/C=C(\C#N)C(=O)OCC(=O)Nc2cccc3ccccc23)cc1. The Morgan fingerprint density at radius 2 is 1.73 bits per heavy atom. The van der Waals surface area contributed by atoms with E-state index in [4.69, 9.17) is 4.74 Å². The zero-order valence-electron chi connectivity index (χ0n) is 16.8. The molecule has 3 aromatic carbocycles. The topological polar surface area (TPSA) is 82.4 Å². The maximum Gasteiger partial charge on any atom is 0.349 e. The molecule has 0 radical (unpaired) electrons. The van der Waals surface area contributed by atoms with Crippen molar-refractivity contribution in [3.05, 3.63) is 77.9 Å². The Kier molecular flexibility index (Phi) is 6.46. The third kappa shape index (κ3) is 5.03. The summed E-state index contributed by atoms with van der Waals surface area (Å²) in [7, 11) is 3.85. The van der Waals surface area contributed by atoms with Crippen molar-refractivity contribution in [1.29, 1.82) is 5.26 Å². The van der Waals surface area contributed by atoms with Gasteiger partial charge in [0.05, 0.1) is 0 Å². The summed E-state index contributed by atoms with van der Waals surface area (Å²) in [5, 5.41) is 13.9.